The molecule has 1 atom stereocenters. The van der Waals surface area contributed by atoms with E-state index in [1.54, 1.807) is 18.4 Å². The van der Waals surface area contributed by atoms with Crippen LogP contribution in [0, 0.1) is 0 Å². The van der Waals surface area contributed by atoms with Crippen molar-refractivity contribution in [1.82, 2.24) is 4.57 Å². The number of fused-ring (bicyclic) bond motifs is 1. The van der Waals surface area contributed by atoms with Gasteiger partial charge in [-0.2, -0.15) is 0 Å². The molecule has 3 aromatic rings. The zero-order chi connectivity index (χ0) is 22.1. The van der Waals surface area contributed by atoms with E-state index < -0.39 is 12.0 Å². The molecular formula is C23H18Br2N2O3S. The van der Waals surface area contributed by atoms with E-state index in [9.17, 15) is 9.59 Å². The summed E-state index contributed by atoms with van der Waals surface area (Å²) in [6.07, 6.45) is 1.84. The van der Waals surface area contributed by atoms with Crippen LogP contribution in [0.1, 0.15) is 31.0 Å². The van der Waals surface area contributed by atoms with Crippen molar-refractivity contribution in [3.05, 3.63) is 99.6 Å². The van der Waals surface area contributed by atoms with Crippen molar-refractivity contribution in [3.8, 4) is 0 Å². The Kier molecular flexibility index (Phi) is 6.41. The van der Waals surface area contributed by atoms with E-state index in [1.165, 1.54) is 11.3 Å². The van der Waals surface area contributed by atoms with Gasteiger partial charge in [0.1, 0.15) is 0 Å². The Hall–Kier alpha value is -2.29. The van der Waals surface area contributed by atoms with Crippen LogP contribution in [0.2, 0.25) is 0 Å². The molecular weight excluding hydrogens is 544 g/mol. The van der Waals surface area contributed by atoms with Gasteiger partial charge in [-0.3, -0.25) is 9.36 Å². The Morgan fingerprint density at radius 2 is 1.90 bits per heavy atom. The van der Waals surface area contributed by atoms with Crippen LogP contribution < -0.4 is 14.9 Å². The summed E-state index contributed by atoms with van der Waals surface area (Å²) in [6, 6.07) is 14.7. The summed E-state index contributed by atoms with van der Waals surface area (Å²) in [5, 5.41) is 0. The summed E-state index contributed by atoms with van der Waals surface area (Å²) in [7, 11) is 0. The zero-order valence-electron chi connectivity index (χ0n) is 16.8. The number of halogens is 2. The molecule has 158 valence electrons. The van der Waals surface area contributed by atoms with Gasteiger partial charge in [0.25, 0.3) is 5.56 Å². The fourth-order valence-corrected chi connectivity index (χ4v) is 5.41. The van der Waals surface area contributed by atoms with Crippen LogP contribution >= 0.6 is 43.2 Å². The average molecular weight is 562 g/mol. The molecule has 1 unspecified atom stereocenters. The summed E-state index contributed by atoms with van der Waals surface area (Å²) in [5.74, 6) is -0.463. The molecule has 0 saturated heterocycles. The Balaban J connectivity index is 1.97. The number of ether oxygens (including phenoxy) is 1. The highest BCUT2D eigenvalue weighted by Gasteiger charge is 2.33. The van der Waals surface area contributed by atoms with Crippen LogP contribution in [0.15, 0.2) is 78.5 Å². The predicted octanol–water partition coefficient (Wildman–Crippen LogP) is 4.32. The first-order chi connectivity index (χ1) is 14.9. The molecule has 0 radical (unpaired) electrons. The molecule has 4 rings (SSSR count). The van der Waals surface area contributed by atoms with E-state index in [0.29, 0.717) is 20.6 Å². The quantitative estimate of drug-likeness (QED) is 0.446. The fraction of sp³-hybridized carbons (Fsp3) is 0.174. The highest BCUT2D eigenvalue weighted by Crippen LogP contribution is 2.31. The number of carbonyl (C=O) groups excluding carboxylic acids is 1. The molecule has 0 bridgehead atoms. The maximum Gasteiger partial charge on any atom is 0.338 e. The second kappa shape index (κ2) is 9.06. The third-order valence-corrected chi connectivity index (χ3v) is 6.80. The van der Waals surface area contributed by atoms with Crippen LogP contribution in [-0.4, -0.2) is 17.1 Å². The van der Waals surface area contributed by atoms with Crippen molar-refractivity contribution >= 4 is 55.2 Å². The monoisotopic (exact) mass is 560 g/mol. The molecule has 0 saturated carbocycles. The summed E-state index contributed by atoms with van der Waals surface area (Å²) >= 11 is 8.27. The summed E-state index contributed by atoms with van der Waals surface area (Å²) in [6.45, 7) is 3.78. The largest absolute Gasteiger partial charge is 0.463 e. The third-order valence-electron chi connectivity index (χ3n) is 4.83. The maximum atomic E-state index is 13.5. The second-order valence-corrected chi connectivity index (χ2v) is 9.75. The Morgan fingerprint density at radius 1 is 1.19 bits per heavy atom. The number of benzene rings is 2. The van der Waals surface area contributed by atoms with E-state index in [0.717, 1.165) is 20.1 Å². The van der Waals surface area contributed by atoms with Crippen molar-refractivity contribution in [2.45, 2.75) is 19.9 Å². The number of carbonyl (C=O) groups is 1. The van der Waals surface area contributed by atoms with Gasteiger partial charge < -0.3 is 4.74 Å². The first-order valence-electron chi connectivity index (χ1n) is 9.59. The van der Waals surface area contributed by atoms with Crippen molar-refractivity contribution in [2.75, 3.05) is 6.61 Å². The maximum absolute atomic E-state index is 13.5. The van der Waals surface area contributed by atoms with Crippen LogP contribution in [-0.2, 0) is 9.53 Å². The molecule has 1 aliphatic heterocycles. The molecule has 2 heterocycles. The van der Waals surface area contributed by atoms with Gasteiger partial charge in [0.2, 0.25) is 0 Å². The fourth-order valence-electron chi connectivity index (χ4n) is 3.53. The predicted molar refractivity (Wildman–Crippen MR) is 129 cm³/mol. The van der Waals surface area contributed by atoms with E-state index >= 15 is 0 Å². The van der Waals surface area contributed by atoms with Crippen molar-refractivity contribution in [3.63, 3.8) is 0 Å². The number of esters is 1. The highest BCUT2D eigenvalue weighted by molar-refractivity contribution is 9.10. The van der Waals surface area contributed by atoms with Gasteiger partial charge in [0.05, 0.1) is 28.5 Å². The highest BCUT2D eigenvalue weighted by atomic mass is 79.9. The molecule has 8 heteroatoms. The number of hydrogen-bond acceptors (Lipinski definition) is 5. The lowest BCUT2D eigenvalue weighted by atomic mass is 9.96. The summed E-state index contributed by atoms with van der Waals surface area (Å²) in [5.41, 5.74) is 2.45. The molecule has 0 aliphatic carbocycles. The standard InChI is InChI=1S/C23H18Br2N2O3S/c1-3-30-22(29)19-13(2)26-23-27(20(19)15-7-5-9-17(25)12-15)21(28)18(31-23)11-14-6-4-8-16(24)10-14/h4-12,20H,3H2,1-2H3. The molecule has 0 spiro atoms. The first kappa shape index (κ1) is 21.9. The normalized spacial score (nSPS) is 16.1. The lowest BCUT2D eigenvalue weighted by Gasteiger charge is -2.24. The zero-order valence-corrected chi connectivity index (χ0v) is 20.8. The molecule has 5 nitrogen and oxygen atoms in total. The molecule has 1 aliphatic rings. The van der Waals surface area contributed by atoms with E-state index in [1.807, 2.05) is 54.6 Å². The van der Waals surface area contributed by atoms with E-state index in [2.05, 4.69) is 36.9 Å². The number of allylic oxidation sites excluding steroid dienone is 1. The van der Waals surface area contributed by atoms with Crippen molar-refractivity contribution in [2.24, 2.45) is 4.99 Å². The molecule has 1 aromatic heterocycles. The second-order valence-electron chi connectivity index (χ2n) is 6.91. The van der Waals surface area contributed by atoms with Gasteiger partial charge in [-0.25, -0.2) is 9.79 Å². The third kappa shape index (κ3) is 4.37. The minimum atomic E-state index is -0.613. The average Bonchev–Trinajstić information content (AvgIpc) is 3.02. The van der Waals surface area contributed by atoms with Crippen LogP contribution in [0.25, 0.3) is 6.08 Å². The Labute approximate surface area is 199 Å². The molecule has 2 aromatic carbocycles. The topological polar surface area (TPSA) is 60.7 Å². The molecule has 0 N–H and O–H groups in total. The Bertz CT molecular complexity index is 1390. The lowest BCUT2D eigenvalue weighted by molar-refractivity contribution is -0.139. The van der Waals surface area contributed by atoms with Gasteiger partial charge in [-0.1, -0.05) is 67.5 Å². The lowest BCUT2D eigenvalue weighted by Crippen LogP contribution is -2.39. The number of nitrogens with zero attached hydrogens (tertiary/aromatic N) is 2. The number of rotatable bonds is 4. The first-order valence-corrected chi connectivity index (χ1v) is 12.0. The Morgan fingerprint density at radius 3 is 2.58 bits per heavy atom. The minimum absolute atomic E-state index is 0.192. The van der Waals surface area contributed by atoms with E-state index in [-0.39, 0.29) is 12.2 Å². The van der Waals surface area contributed by atoms with Gasteiger partial charge >= 0.3 is 5.97 Å². The van der Waals surface area contributed by atoms with Crippen molar-refractivity contribution < 1.29 is 9.53 Å². The van der Waals surface area contributed by atoms with Crippen LogP contribution in [0.5, 0.6) is 0 Å². The van der Waals surface area contributed by atoms with Gasteiger partial charge in [0.15, 0.2) is 4.80 Å². The summed E-state index contributed by atoms with van der Waals surface area (Å²) in [4.78, 5) is 31.5. The molecule has 0 fully saturated rings. The van der Waals surface area contributed by atoms with Crippen molar-refractivity contribution in [1.29, 1.82) is 0 Å². The van der Waals surface area contributed by atoms with Gasteiger partial charge in [-0.05, 0) is 55.3 Å². The van der Waals surface area contributed by atoms with Crippen LogP contribution in [0.3, 0.4) is 0 Å². The minimum Gasteiger partial charge on any atom is -0.463 e. The van der Waals surface area contributed by atoms with Gasteiger partial charge in [-0.15, -0.1) is 0 Å². The number of aromatic nitrogens is 1. The SMILES string of the molecule is CCOC(=O)C1=C(C)N=c2sc(=Cc3cccc(Br)c3)c(=O)n2C1c1cccc(Br)c1. The summed E-state index contributed by atoms with van der Waals surface area (Å²) < 4.78 is 9.25. The number of thiazole rings is 1. The van der Waals surface area contributed by atoms with E-state index in [4.69, 9.17) is 4.74 Å². The van der Waals surface area contributed by atoms with Gasteiger partial charge in [0, 0.05) is 8.95 Å². The number of hydrogen-bond donors (Lipinski definition) is 0. The van der Waals surface area contributed by atoms with Crippen LogP contribution in [0.4, 0.5) is 0 Å². The molecule has 31 heavy (non-hydrogen) atoms. The molecule has 0 amide bonds. The smallest absolute Gasteiger partial charge is 0.338 e.